The second-order valence-corrected chi connectivity index (χ2v) is 7.03. The minimum atomic E-state index is -0.0816. The number of rotatable bonds is 12. The molecule has 154 valence electrons. The maximum atomic E-state index is 12.2. The normalized spacial score (nSPS) is 10.9. The first-order chi connectivity index (χ1) is 13.6. The van der Waals surface area contributed by atoms with Crippen LogP contribution in [0.4, 0.5) is 5.69 Å². The molecule has 0 saturated heterocycles. The molecule has 0 spiro atoms. The highest BCUT2D eigenvalue weighted by Crippen LogP contribution is 2.30. The molecule has 2 aromatic rings. The van der Waals surface area contributed by atoms with Crippen LogP contribution in [-0.4, -0.2) is 70.1 Å². The number of benzene rings is 1. The van der Waals surface area contributed by atoms with Crippen LogP contribution in [0, 0.1) is 0 Å². The number of hydrogen-bond donors (Lipinski definition) is 1. The Balaban J connectivity index is 1.86. The van der Waals surface area contributed by atoms with E-state index in [9.17, 15) is 4.79 Å². The van der Waals surface area contributed by atoms with Crippen LogP contribution < -0.4 is 14.8 Å². The Morgan fingerprint density at radius 3 is 2.71 bits per heavy atom. The maximum Gasteiger partial charge on any atom is 0.225 e. The third-order valence-corrected chi connectivity index (χ3v) is 5.16. The van der Waals surface area contributed by atoms with Gasteiger partial charge in [-0.2, -0.15) is 0 Å². The Hall–Kier alpha value is -2.33. The summed E-state index contributed by atoms with van der Waals surface area (Å²) in [4.78, 5) is 14.5. The first kappa shape index (κ1) is 22.0. The van der Waals surface area contributed by atoms with E-state index in [0.29, 0.717) is 41.1 Å². The highest BCUT2D eigenvalue weighted by molar-refractivity contribution is 7.99. The minimum Gasteiger partial charge on any atom is -0.493 e. The summed E-state index contributed by atoms with van der Waals surface area (Å²) in [5, 5.41) is 14.8. The van der Waals surface area contributed by atoms with E-state index in [-0.39, 0.29) is 5.91 Å². The van der Waals surface area contributed by atoms with Gasteiger partial charge in [0.2, 0.25) is 11.1 Å². The molecule has 1 heterocycles. The van der Waals surface area contributed by atoms with Gasteiger partial charge < -0.3 is 19.7 Å². The van der Waals surface area contributed by atoms with Crippen molar-refractivity contribution in [3.63, 3.8) is 0 Å². The second-order valence-electron chi connectivity index (χ2n) is 5.97. The molecule has 0 aliphatic carbocycles. The summed E-state index contributed by atoms with van der Waals surface area (Å²) >= 11 is 1.44. The van der Waals surface area contributed by atoms with Gasteiger partial charge in [0.15, 0.2) is 11.5 Å². The van der Waals surface area contributed by atoms with Gasteiger partial charge in [-0.3, -0.25) is 4.79 Å². The van der Waals surface area contributed by atoms with E-state index in [1.807, 2.05) is 0 Å². The predicted octanol–water partition coefficient (Wildman–Crippen LogP) is 2.06. The molecular weight excluding hydrogens is 380 g/mol. The van der Waals surface area contributed by atoms with E-state index in [4.69, 9.17) is 9.47 Å². The van der Waals surface area contributed by atoms with Crippen LogP contribution in [0.5, 0.6) is 11.5 Å². The third-order valence-electron chi connectivity index (χ3n) is 4.15. The Labute approximate surface area is 169 Å². The highest BCUT2D eigenvalue weighted by Gasteiger charge is 2.10. The van der Waals surface area contributed by atoms with Crippen LogP contribution in [0.1, 0.15) is 20.3 Å². The van der Waals surface area contributed by atoms with Crippen molar-refractivity contribution in [2.45, 2.75) is 25.4 Å². The molecule has 0 unspecified atom stereocenters. The molecule has 28 heavy (non-hydrogen) atoms. The van der Waals surface area contributed by atoms with Crippen LogP contribution in [-0.2, 0) is 11.8 Å². The van der Waals surface area contributed by atoms with Gasteiger partial charge in [0, 0.05) is 37.5 Å². The number of carbonyl (C=O) groups excluding carboxylic acids is 1. The van der Waals surface area contributed by atoms with Gasteiger partial charge in [-0.1, -0.05) is 25.6 Å². The molecule has 1 aromatic heterocycles. The van der Waals surface area contributed by atoms with Crippen LogP contribution in [0.25, 0.3) is 0 Å². The molecule has 2 rings (SSSR count). The molecule has 10 heteroatoms. The number of ether oxygens (including phenoxy) is 2. The number of thioether (sulfide) groups is 1. The molecule has 0 radical (unpaired) electrons. The maximum absolute atomic E-state index is 12.2. The van der Waals surface area contributed by atoms with E-state index in [2.05, 4.69) is 39.6 Å². The smallest absolute Gasteiger partial charge is 0.225 e. The molecule has 1 N–H and O–H groups in total. The molecule has 0 atom stereocenters. The number of methoxy groups -OCH3 is 1. The Bertz CT molecular complexity index is 751. The van der Waals surface area contributed by atoms with Crippen molar-refractivity contribution in [2.75, 3.05) is 44.4 Å². The van der Waals surface area contributed by atoms with Crippen LogP contribution >= 0.6 is 11.8 Å². The van der Waals surface area contributed by atoms with Crippen molar-refractivity contribution in [3.8, 4) is 11.5 Å². The zero-order valence-electron chi connectivity index (χ0n) is 16.8. The summed E-state index contributed by atoms with van der Waals surface area (Å²) in [6.07, 6.45) is 0.349. The van der Waals surface area contributed by atoms with Crippen molar-refractivity contribution < 1.29 is 14.3 Å². The number of aryl methyl sites for hydroxylation is 1. The largest absolute Gasteiger partial charge is 0.493 e. The number of hydrogen-bond acceptors (Lipinski definition) is 8. The lowest BCUT2D eigenvalue weighted by molar-refractivity contribution is -0.115. The van der Waals surface area contributed by atoms with E-state index in [0.717, 1.165) is 19.6 Å². The SMILES string of the molecule is CCN(CC)CCOc1cc(NC(=O)CCSc2nnnn2C)ccc1OC. The average Bonchev–Trinajstić information content (AvgIpc) is 3.10. The number of nitrogens with zero attached hydrogens (tertiary/aromatic N) is 5. The summed E-state index contributed by atoms with van der Waals surface area (Å²) in [6.45, 7) is 7.60. The molecule has 9 nitrogen and oxygen atoms in total. The Morgan fingerprint density at radius 1 is 1.29 bits per heavy atom. The number of anilines is 1. The quantitative estimate of drug-likeness (QED) is 0.533. The van der Waals surface area contributed by atoms with Crippen LogP contribution in [0.3, 0.4) is 0 Å². The minimum absolute atomic E-state index is 0.0816. The van der Waals surface area contributed by atoms with Gasteiger partial charge in [-0.15, -0.1) is 5.10 Å². The summed E-state index contributed by atoms with van der Waals surface area (Å²) in [5.41, 5.74) is 0.675. The standard InChI is InChI=1S/C18H28N6O3S/c1-5-24(6-2)10-11-27-16-13-14(7-8-15(16)26-4)19-17(25)9-12-28-18-20-21-22-23(18)3/h7-8,13H,5-6,9-12H2,1-4H3,(H,19,25). The van der Waals surface area contributed by atoms with Crippen molar-refractivity contribution in [3.05, 3.63) is 18.2 Å². The molecule has 0 bridgehead atoms. The van der Waals surface area contributed by atoms with Crippen molar-refractivity contribution in [1.29, 1.82) is 0 Å². The van der Waals surface area contributed by atoms with Gasteiger partial charge in [0.1, 0.15) is 6.61 Å². The fourth-order valence-corrected chi connectivity index (χ4v) is 3.28. The molecule has 0 fully saturated rings. The van der Waals surface area contributed by atoms with E-state index >= 15 is 0 Å². The van der Waals surface area contributed by atoms with Gasteiger partial charge in [0.25, 0.3) is 0 Å². The van der Waals surface area contributed by atoms with E-state index in [1.54, 1.807) is 37.0 Å². The van der Waals surface area contributed by atoms with Crippen molar-refractivity contribution in [1.82, 2.24) is 25.1 Å². The fourth-order valence-electron chi connectivity index (χ4n) is 2.49. The van der Waals surface area contributed by atoms with E-state index in [1.165, 1.54) is 11.8 Å². The summed E-state index contributed by atoms with van der Waals surface area (Å²) in [6, 6.07) is 5.38. The monoisotopic (exact) mass is 408 g/mol. The van der Waals surface area contributed by atoms with Gasteiger partial charge >= 0.3 is 0 Å². The second kappa shape index (κ2) is 11.5. The van der Waals surface area contributed by atoms with Crippen molar-refractivity contribution in [2.24, 2.45) is 7.05 Å². The summed E-state index contributed by atoms with van der Waals surface area (Å²) in [5.74, 6) is 1.76. The van der Waals surface area contributed by atoms with Crippen LogP contribution in [0.2, 0.25) is 0 Å². The molecule has 0 aliphatic heterocycles. The third kappa shape index (κ3) is 6.68. The number of carbonyl (C=O) groups is 1. The molecule has 1 amide bonds. The topological polar surface area (TPSA) is 94.4 Å². The van der Waals surface area contributed by atoms with Gasteiger partial charge in [0.05, 0.1) is 7.11 Å². The Morgan fingerprint density at radius 2 is 2.07 bits per heavy atom. The molecule has 1 aromatic carbocycles. The number of nitrogens with one attached hydrogen (secondary N) is 1. The first-order valence-electron chi connectivity index (χ1n) is 9.25. The zero-order valence-corrected chi connectivity index (χ0v) is 17.7. The average molecular weight is 409 g/mol. The van der Waals surface area contributed by atoms with Crippen molar-refractivity contribution >= 4 is 23.4 Å². The summed E-state index contributed by atoms with van der Waals surface area (Å²) in [7, 11) is 3.37. The predicted molar refractivity (Wildman–Crippen MR) is 109 cm³/mol. The molecule has 0 aliphatic rings. The zero-order chi connectivity index (χ0) is 20.4. The molecule has 0 saturated carbocycles. The van der Waals surface area contributed by atoms with E-state index < -0.39 is 0 Å². The lowest BCUT2D eigenvalue weighted by atomic mass is 10.2. The van der Waals surface area contributed by atoms with Crippen LogP contribution in [0.15, 0.2) is 23.4 Å². The lowest BCUT2D eigenvalue weighted by Crippen LogP contribution is -2.28. The Kier molecular flexibility index (Phi) is 9.02. The molecular formula is C18H28N6O3S. The number of amides is 1. The first-order valence-corrected chi connectivity index (χ1v) is 10.2. The van der Waals surface area contributed by atoms with Gasteiger partial charge in [-0.25, -0.2) is 4.68 Å². The lowest BCUT2D eigenvalue weighted by Gasteiger charge is -2.19. The fraction of sp³-hybridized carbons (Fsp3) is 0.556. The number of aromatic nitrogens is 4. The summed E-state index contributed by atoms with van der Waals surface area (Å²) < 4.78 is 12.8. The number of likely N-dealkylation sites (N-methyl/N-ethyl adjacent to an activating group) is 1. The number of tetrazole rings is 1. The van der Waals surface area contributed by atoms with Gasteiger partial charge in [-0.05, 0) is 35.6 Å². The highest BCUT2D eigenvalue weighted by atomic mass is 32.2.